The fourth-order valence-electron chi connectivity index (χ4n) is 5.52. The fraction of sp³-hybridized carbons (Fsp3) is 0.290. The van der Waals surface area contributed by atoms with Crippen molar-refractivity contribution in [3.05, 3.63) is 106 Å². The van der Waals surface area contributed by atoms with E-state index in [1.54, 1.807) is 13.4 Å². The number of nitrogens with zero attached hydrogens (tertiary/aromatic N) is 3. The highest BCUT2D eigenvalue weighted by Crippen LogP contribution is 2.35. The summed E-state index contributed by atoms with van der Waals surface area (Å²) in [5, 5.41) is 3.68. The monoisotopic (exact) mass is 492 g/mol. The molecule has 0 saturated heterocycles. The molecule has 1 N–H and O–H groups in total. The van der Waals surface area contributed by atoms with Crippen LogP contribution in [0.15, 0.2) is 65.3 Å². The van der Waals surface area contributed by atoms with E-state index < -0.39 is 0 Å². The Kier molecular flexibility index (Phi) is 6.05. The Morgan fingerprint density at radius 2 is 1.78 bits per heavy atom. The van der Waals surface area contributed by atoms with Crippen molar-refractivity contribution in [3.8, 4) is 0 Å². The number of benzene rings is 2. The van der Waals surface area contributed by atoms with Crippen LogP contribution < -0.4 is 5.32 Å². The highest BCUT2D eigenvalue weighted by Gasteiger charge is 2.20. The number of aryl methyl sites for hydroxylation is 5. The molecule has 1 aliphatic rings. The first-order valence-corrected chi connectivity index (χ1v) is 12.9. The summed E-state index contributed by atoms with van der Waals surface area (Å²) >= 11 is 0. The molecule has 1 aliphatic heterocycles. The van der Waals surface area contributed by atoms with Crippen LogP contribution in [0.5, 0.6) is 0 Å². The standard InChI is InChI=1S/C31H32N4O2/c1-5-28-34-29-19(2)15-20(3)32-31(29)35(28)18-21-8-12-25-22(16-21)9-10-23-17-24(11-13-26(23)33-25)30(36-4)27-7-6-14-37-27/h6-8,11-17,30,33H,5,9-10,18H2,1-4H3. The summed E-state index contributed by atoms with van der Waals surface area (Å²) < 4.78 is 13.7. The van der Waals surface area contributed by atoms with E-state index in [4.69, 9.17) is 19.1 Å². The van der Waals surface area contributed by atoms with Gasteiger partial charge in [0, 0.05) is 30.6 Å². The summed E-state index contributed by atoms with van der Waals surface area (Å²) in [7, 11) is 1.72. The Labute approximate surface area is 217 Å². The molecule has 0 aliphatic carbocycles. The number of furan rings is 1. The largest absolute Gasteiger partial charge is 0.466 e. The quantitative estimate of drug-likeness (QED) is 0.281. The lowest BCUT2D eigenvalue weighted by Gasteiger charge is -2.16. The van der Waals surface area contributed by atoms with Crippen molar-refractivity contribution in [1.82, 2.24) is 14.5 Å². The Morgan fingerprint density at radius 1 is 1.00 bits per heavy atom. The molecule has 0 fully saturated rings. The first-order valence-electron chi connectivity index (χ1n) is 12.9. The molecule has 0 amide bonds. The van der Waals surface area contributed by atoms with Crippen molar-refractivity contribution in [2.45, 2.75) is 52.7 Å². The van der Waals surface area contributed by atoms with Gasteiger partial charge in [0.15, 0.2) is 5.65 Å². The van der Waals surface area contributed by atoms with E-state index in [0.29, 0.717) is 0 Å². The molecule has 188 valence electrons. The van der Waals surface area contributed by atoms with Crippen LogP contribution in [0.1, 0.15) is 58.1 Å². The number of imidazole rings is 1. The van der Waals surface area contributed by atoms with Crippen molar-refractivity contribution < 1.29 is 9.15 Å². The normalized spacial score (nSPS) is 13.6. The van der Waals surface area contributed by atoms with E-state index in [-0.39, 0.29) is 6.10 Å². The Bertz CT molecular complexity index is 1580. The van der Waals surface area contributed by atoms with Gasteiger partial charge in [0.2, 0.25) is 0 Å². The minimum absolute atomic E-state index is 0.212. The molecule has 2 aromatic carbocycles. The lowest BCUT2D eigenvalue weighted by molar-refractivity contribution is 0.116. The molecule has 37 heavy (non-hydrogen) atoms. The maximum atomic E-state index is 5.77. The third-order valence-corrected chi connectivity index (χ3v) is 7.33. The number of hydrogen-bond donors (Lipinski definition) is 1. The Morgan fingerprint density at radius 3 is 2.51 bits per heavy atom. The van der Waals surface area contributed by atoms with Crippen LogP contribution >= 0.6 is 0 Å². The van der Waals surface area contributed by atoms with Crippen molar-refractivity contribution >= 4 is 22.5 Å². The van der Waals surface area contributed by atoms with E-state index in [0.717, 1.165) is 65.5 Å². The van der Waals surface area contributed by atoms with Gasteiger partial charge in [-0.05, 0) is 84.8 Å². The van der Waals surface area contributed by atoms with E-state index in [2.05, 4.69) is 73.1 Å². The number of fused-ring (bicyclic) bond motifs is 3. The van der Waals surface area contributed by atoms with Gasteiger partial charge in [0.1, 0.15) is 23.2 Å². The summed E-state index contributed by atoms with van der Waals surface area (Å²) in [5.41, 5.74) is 11.5. The highest BCUT2D eigenvalue weighted by atomic mass is 16.5. The van der Waals surface area contributed by atoms with Crippen molar-refractivity contribution in [1.29, 1.82) is 0 Å². The third-order valence-electron chi connectivity index (χ3n) is 7.33. The molecule has 6 nitrogen and oxygen atoms in total. The number of aromatic nitrogens is 3. The Balaban J connectivity index is 1.29. The summed E-state index contributed by atoms with van der Waals surface area (Å²) in [4.78, 5) is 9.77. The van der Waals surface area contributed by atoms with Gasteiger partial charge < -0.3 is 19.0 Å². The summed E-state index contributed by atoms with van der Waals surface area (Å²) in [5.74, 6) is 1.89. The SMILES string of the molecule is CCc1nc2c(C)cc(C)nc2n1Cc1ccc2c(c1)CCc1cc(C(OC)c3ccco3)ccc1N2. The first kappa shape index (κ1) is 23.5. The minimum Gasteiger partial charge on any atom is -0.466 e. The van der Waals surface area contributed by atoms with Gasteiger partial charge in [-0.1, -0.05) is 31.2 Å². The molecule has 3 aromatic heterocycles. The van der Waals surface area contributed by atoms with Gasteiger partial charge in [-0.15, -0.1) is 0 Å². The van der Waals surface area contributed by atoms with Crippen LogP contribution in [0.25, 0.3) is 11.2 Å². The second-order valence-electron chi connectivity index (χ2n) is 9.88. The van der Waals surface area contributed by atoms with Crippen LogP contribution in [0.2, 0.25) is 0 Å². The zero-order chi connectivity index (χ0) is 25.5. The van der Waals surface area contributed by atoms with Crippen LogP contribution in [0, 0.1) is 13.8 Å². The smallest absolute Gasteiger partial charge is 0.160 e. The van der Waals surface area contributed by atoms with Gasteiger partial charge in [-0.25, -0.2) is 9.97 Å². The maximum Gasteiger partial charge on any atom is 0.160 e. The number of pyridine rings is 1. The van der Waals surface area contributed by atoms with Crippen LogP contribution in [0.3, 0.4) is 0 Å². The minimum atomic E-state index is -0.212. The maximum absolute atomic E-state index is 5.77. The molecule has 0 radical (unpaired) electrons. The fourth-order valence-corrected chi connectivity index (χ4v) is 5.52. The molecule has 6 rings (SSSR count). The zero-order valence-corrected chi connectivity index (χ0v) is 21.8. The molecule has 6 heteroatoms. The van der Waals surface area contributed by atoms with E-state index in [1.807, 2.05) is 12.1 Å². The van der Waals surface area contributed by atoms with Crippen LogP contribution in [-0.4, -0.2) is 21.6 Å². The average Bonchev–Trinajstić information content (AvgIpc) is 3.50. The first-order chi connectivity index (χ1) is 18.0. The van der Waals surface area contributed by atoms with Gasteiger partial charge in [0.05, 0.1) is 12.8 Å². The van der Waals surface area contributed by atoms with E-state index >= 15 is 0 Å². The molecule has 0 saturated carbocycles. The number of hydrogen-bond acceptors (Lipinski definition) is 5. The number of nitrogens with one attached hydrogen (secondary N) is 1. The van der Waals surface area contributed by atoms with Gasteiger partial charge >= 0.3 is 0 Å². The van der Waals surface area contributed by atoms with Gasteiger partial charge in [-0.3, -0.25) is 0 Å². The predicted molar refractivity (Wildman–Crippen MR) is 147 cm³/mol. The van der Waals surface area contributed by atoms with Crippen molar-refractivity contribution in [2.75, 3.05) is 12.4 Å². The molecule has 1 unspecified atom stereocenters. The second kappa shape index (κ2) is 9.52. The number of ether oxygens (including phenoxy) is 1. The molecule has 5 aromatic rings. The van der Waals surface area contributed by atoms with Crippen LogP contribution in [0.4, 0.5) is 11.4 Å². The molecular formula is C31H32N4O2. The lowest BCUT2D eigenvalue weighted by atomic mass is 9.99. The predicted octanol–water partition coefficient (Wildman–Crippen LogP) is 6.83. The summed E-state index contributed by atoms with van der Waals surface area (Å²) in [6, 6.07) is 19.3. The number of anilines is 2. The van der Waals surface area contributed by atoms with Crippen molar-refractivity contribution in [3.63, 3.8) is 0 Å². The average molecular weight is 493 g/mol. The van der Waals surface area contributed by atoms with E-state index in [9.17, 15) is 0 Å². The molecule has 1 atom stereocenters. The second-order valence-corrected chi connectivity index (χ2v) is 9.88. The third kappa shape index (κ3) is 4.31. The topological polar surface area (TPSA) is 65.1 Å². The Hall–Kier alpha value is -3.90. The zero-order valence-electron chi connectivity index (χ0n) is 21.8. The summed E-state index contributed by atoms with van der Waals surface area (Å²) in [6.07, 6.45) is 4.27. The van der Waals surface area contributed by atoms with E-state index in [1.165, 1.54) is 27.9 Å². The lowest BCUT2D eigenvalue weighted by Crippen LogP contribution is -2.06. The number of methoxy groups -OCH3 is 1. The molecule has 0 bridgehead atoms. The molecule has 0 spiro atoms. The summed E-state index contributed by atoms with van der Waals surface area (Å²) in [6.45, 7) is 7.09. The van der Waals surface area contributed by atoms with Gasteiger partial charge in [0.25, 0.3) is 0 Å². The van der Waals surface area contributed by atoms with Crippen molar-refractivity contribution in [2.24, 2.45) is 0 Å². The molecule has 4 heterocycles. The van der Waals surface area contributed by atoms with Crippen LogP contribution in [-0.2, 0) is 30.5 Å². The highest BCUT2D eigenvalue weighted by molar-refractivity contribution is 5.76. The van der Waals surface area contributed by atoms with Gasteiger partial charge in [-0.2, -0.15) is 0 Å². The number of rotatable bonds is 6. The molecular weight excluding hydrogens is 460 g/mol.